The molecule has 0 spiro atoms. The molecule has 0 aromatic carbocycles. The fraction of sp³-hybridized carbons (Fsp3) is 0.556. The number of amides is 1. The molecule has 0 saturated heterocycles. The Morgan fingerprint density at radius 2 is 2.50 bits per heavy atom. The molecule has 3 nitrogen and oxygen atoms in total. The van der Waals surface area contributed by atoms with E-state index in [1.54, 1.807) is 6.20 Å². The maximum atomic E-state index is 11.5. The van der Waals surface area contributed by atoms with Crippen molar-refractivity contribution < 1.29 is 4.79 Å². The summed E-state index contributed by atoms with van der Waals surface area (Å²) in [5.41, 5.74) is 0. The lowest BCUT2D eigenvalue weighted by Crippen LogP contribution is -2.28. The van der Waals surface area contributed by atoms with Crippen molar-refractivity contribution in [1.82, 2.24) is 10.3 Å². The monoisotopic (exact) mass is 232 g/mol. The smallest absolute Gasteiger partial charge is 0.263 e. The van der Waals surface area contributed by atoms with Gasteiger partial charge in [-0.05, 0) is 12.8 Å². The average Bonchev–Trinajstić information content (AvgIpc) is 2.60. The molecular weight excluding hydrogens is 220 g/mol. The van der Waals surface area contributed by atoms with Crippen LogP contribution < -0.4 is 5.32 Å². The van der Waals surface area contributed by atoms with E-state index in [1.807, 2.05) is 13.8 Å². The summed E-state index contributed by atoms with van der Waals surface area (Å²) in [5.74, 6) is 0.796. The van der Waals surface area contributed by atoms with Crippen LogP contribution in [0.3, 0.4) is 0 Å². The Labute approximate surface area is 92.5 Å². The fourth-order valence-corrected chi connectivity index (χ4v) is 1.68. The van der Waals surface area contributed by atoms with Gasteiger partial charge in [0.15, 0.2) is 0 Å². The SMILES string of the molecule is Cc1ncc(C(=O)NCC(C)CCl)s1. The Morgan fingerprint density at radius 1 is 1.79 bits per heavy atom. The van der Waals surface area contributed by atoms with E-state index in [4.69, 9.17) is 11.6 Å². The number of nitrogens with zero attached hydrogens (tertiary/aromatic N) is 1. The molecule has 0 aliphatic rings. The number of nitrogens with one attached hydrogen (secondary N) is 1. The molecule has 1 unspecified atom stereocenters. The molecule has 1 heterocycles. The van der Waals surface area contributed by atoms with Gasteiger partial charge in [0.05, 0.1) is 11.2 Å². The minimum Gasteiger partial charge on any atom is -0.351 e. The van der Waals surface area contributed by atoms with Gasteiger partial charge >= 0.3 is 0 Å². The molecular formula is C9H13ClN2OS. The number of rotatable bonds is 4. The Hall–Kier alpha value is -0.610. The molecule has 1 atom stereocenters. The zero-order valence-electron chi connectivity index (χ0n) is 8.21. The first-order valence-electron chi connectivity index (χ1n) is 4.40. The first-order valence-corrected chi connectivity index (χ1v) is 5.75. The fourth-order valence-electron chi connectivity index (χ4n) is 0.875. The maximum absolute atomic E-state index is 11.5. The summed E-state index contributed by atoms with van der Waals surface area (Å²) in [6.45, 7) is 4.48. The van der Waals surface area contributed by atoms with E-state index in [1.165, 1.54) is 11.3 Å². The minimum absolute atomic E-state index is 0.0624. The molecule has 14 heavy (non-hydrogen) atoms. The van der Waals surface area contributed by atoms with Crippen LogP contribution >= 0.6 is 22.9 Å². The number of hydrogen-bond acceptors (Lipinski definition) is 3. The van der Waals surface area contributed by atoms with Gasteiger partial charge in [-0.2, -0.15) is 0 Å². The number of aromatic nitrogens is 1. The van der Waals surface area contributed by atoms with Crippen LogP contribution in [0.2, 0.25) is 0 Å². The van der Waals surface area contributed by atoms with Crippen molar-refractivity contribution in [3.63, 3.8) is 0 Å². The van der Waals surface area contributed by atoms with Gasteiger partial charge in [0.2, 0.25) is 0 Å². The van der Waals surface area contributed by atoms with Gasteiger partial charge in [-0.15, -0.1) is 22.9 Å². The van der Waals surface area contributed by atoms with Crippen LogP contribution in [0.1, 0.15) is 21.6 Å². The molecule has 1 aromatic rings. The molecule has 0 aliphatic heterocycles. The van der Waals surface area contributed by atoms with Crippen molar-refractivity contribution in [3.8, 4) is 0 Å². The highest BCUT2D eigenvalue weighted by molar-refractivity contribution is 7.13. The van der Waals surface area contributed by atoms with Crippen LogP contribution in [-0.2, 0) is 0 Å². The third-order valence-corrected chi connectivity index (χ3v) is 3.16. The van der Waals surface area contributed by atoms with E-state index >= 15 is 0 Å². The molecule has 0 radical (unpaired) electrons. The predicted molar refractivity (Wildman–Crippen MR) is 59.1 cm³/mol. The molecule has 1 amide bonds. The lowest BCUT2D eigenvalue weighted by molar-refractivity contribution is 0.0953. The second kappa shape index (κ2) is 5.32. The third-order valence-electron chi connectivity index (χ3n) is 1.72. The molecule has 0 saturated carbocycles. The maximum Gasteiger partial charge on any atom is 0.263 e. The predicted octanol–water partition coefficient (Wildman–Crippen LogP) is 2.06. The summed E-state index contributed by atoms with van der Waals surface area (Å²) in [6, 6.07) is 0. The van der Waals surface area contributed by atoms with Gasteiger partial charge < -0.3 is 5.32 Å². The summed E-state index contributed by atoms with van der Waals surface area (Å²) in [7, 11) is 0. The number of alkyl halides is 1. The number of aryl methyl sites for hydroxylation is 1. The lowest BCUT2D eigenvalue weighted by atomic mass is 10.2. The highest BCUT2D eigenvalue weighted by Gasteiger charge is 2.09. The van der Waals surface area contributed by atoms with E-state index in [0.717, 1.165) is 5.01 Å². The quantitative estimate of drug-likeness (QED) is 0.808. The molecule has 1 N–H and O–H groups in total. The Morgan fingerprint density at radius 3 is 3.00 bits per heavy atom. The summed E-state index contributed by atoms with van der Waals surface area (Å²) < 4.78 is 0. The summed E-state index contributed by atoms with van der Waals surface area (Å²) >= 11 is 7.02. The first-order chi connectivity index (χ1) is 6.63. The van der Waals surface area contributed by atoms with Crippen molar-refractivity contribution in [1.29, 1.82) is 0 Å². The van der Waals surface area contributed by atoms with E-state index < -0.39 is 0 Å². The largest absolute Gasteiger partial charge is 0.351 e. The minimum atomic E-state index is -0.0624. The van der Waals surface area contributed by atoms with Crippen molar-refractivity contribution >= 4 is 28.8 Å². The summed E-state index contributed by atoms with van der Waals surface area (Å²) in [4.78, 5) is 16.2. The van der Waals surface area contributed by atoms with Crippen LogP contribution in [0.25, 0.3) is 0 Å². The second-order valence-electron chi connectivity index (χ2n) is 3.21. The molecule has 1 rings (SSSR count). The molecule has 0 bridgehead atoms. The number of carbonyl (C=O) groups excluding carboxylic acids is 1. The standard InChI is InChI=1S/C9H13ClN2OS/c1-6(3-10)4-12-9(13)8-5-11-7(2)14-8/h5-6H,3-4H2,1-2H3,(H,12,13). The van der Waals surface area contributed by atoms with Gasteiger partial charge in [0.1, 0.15) is 4.88 Å². The number of hydrogen-bond donors (Lipinski definition) is 1. The van der Waals surface area contributed by atoms with E-state index in [-0.39, 0.29) is 5.91 Å². The normalized spacial score (nSPS) is 12.5. The van der Waals surface area contributed by atoms with Crippen molar-refractivity contribution in [2.75, 3.05) is 12.4 Å². The van der Waals surface area contributed by atoms with Gasteiger partial charge in [-0.1, -0.05) is 6.92 Å². The van der Waals surface area contributed by atoms with E-state index in [0.29, 0.717) is 23.2 Å². The zero-order chi connectivity index (χ0) is 10.6. The van der Waals surface area contributed by atoms with Crippen LogP contribution in [0, 0.1) is 12.8 Å². The Kier molecular flexibility index (Phi) is 4.35. The average molecular weight is 233 g/mol. The van der Waals surface area contributed by atoms with Crippen LogP contribution in [-0.4, -0.2) is 23.3 Å². The number of halogens is 1. The van der Waals surface area contributed by atoms with Crippen molar-refractivity contribution in [2.45, 2.75) is 13.8 Å². The zero-order valence-corrected chi connectivity index (χ0v) is 9.78. The van der Waals surface area contributed by atoms with Gasteiger partial charge in [-0.25, -0.2) is 4.98 Å². The van der Waals surface area contributed by atoms with Crippen molar-refractivity contribution in [3.05, 3.63) is 16.1 Å². The topological polar surface area (TPSA) is 42.0 Å². The number of carbonyl (C=O) groups is 1. The molecule has 1 aromatic heterocycles. The Bertz CT molecular complexity index is 314. The second-order valence-corrected chi connectivity index (χ2v) is 4.76. The van der Waals surface area contributed by atoms with Crippen molar-refractivity contribution in [2.24, 2.45) is 5.92 Å². The highest BCUT2D eigenvalue weighted by atomic mass is 35.5. The van der Waals surface area contributed by atoms with E-state index in [9.17, 15) is 4.79 Å². The molecule has 78 valence electrons. The number of thiazole rings is 1. The van der Waals surface area contributed by atoms with E-state index in [2.05, 4.69) is 10.3 Å². The molecule has 0 aliphatic carbocycles. The molecule has 5 heteroatoms. The summed E-state index contributed by atoms with van der Waals surface area (Å²) in [6.07, 6.45) is 1.60. The lowest BCUT2D eigenvalue weighted by Gasteiger charge is -2.07. The first kappa shape index (κ1) is 11.5. The molecule has 0 fully saturated rings. The van der Waals surface area contributed by atoms with Crippen LogP contribution in [0.4, 0.5) is 0 Å². The highest BCUT2D eigenvalue weighted by Crippen LogP contribution is 2.11. The van der Waals surface area contributed by atoms with Crippen LogP contribution in [0.15, 0.2) is 6.20 Å². The third kappa shape index (κ3) is 3.27. The van der Waals surface area contributed by atoms with Gasteiger partial charge in [0, 0.05) is 12.4 Å². The van der Waals surface area contributed by atoms with Gasteiger partial charge in [-0.3, -0.25) is 4.79 Å². The Balaban J connectivity index is 2.43. The summed E-state index contributed by atoms with van der Waals surface area (Å²) in [5, 5.41) is 3.71. The van der Waals surface area contributed by atoms with Gasteiger partial charge in [0.25, 0.3) is 5.91 Å². The van der Waals surface area contributed by atoms with Crippen LogP contribution in [0.5, 0.6) is 0 Å².